The molecule has 0 heterocycles. The van der Waals surface area contributed by atoms with Crippen molar-refractivity contribution in [3.05, 3.63) is 29.6 Å². The summed E-state index contributed by atoms with van der Waals surface area (Å²) in [5, 5.41) is 0. The minimum atomic E-state index is -0.296. The van der Waals surface area contributed by atoms with Crippen LogP contribution in [0.1, 0.15) is 26.3 Å². The van der Waals surface area contributed by atoms with Crippen molar-refractivity contribution in [1.29, 1.82) is 0 Å². The van der Waals surface area contributed by atoms with Crippen molar-refractivity contribution in [3.8, 4) is 18.1 Å². The van der Waals surface area contributed by atoms with E-state index >= 15 is 0 Å². The number of halogens is 1. The lowest BCUT2D eigenvalue weighted by Crippen LogP contribution is -2.16. The molecule has 1 rings (SSSR count). The van der Waals surface area contributed by atoms with Crippen molar-refractivity contribution in [1.82, 2.24) is 0 Å². The molecule has 1 aromatic carbocycles. The molecular weight excluding hydrogens is 191 g/mol. The van der Waals surface area contributed by atoms with E-state index in [0.29, 0.717) is 11.3 Å². The summed E-state index contributed by atoms with van der Waals surface area (Å²) in [5.41, 5.74) is 0.273. The quantitative estimate of drug-likeness (QED) is 0.675. The highest BCUT2D eigenvalue weighted by Gasteiger charge is 2.22. The highest BCUT2D eigenvalue weighted by atomic mass is 19.1. The first kappa shape index (κ1) is 11.6. The first-order valence-corrected chi connectivity index (χ1v) is 4.82. The lowest BCUT2D eigenvalue weighted by Gasteiger charge is -2.22. The first-order valence-electron chi connectivity index (χ1n) is 4.82. The zero-order valence-corrected chi connectivity index (χ0v) is 9.30. The van der Waals surface area contributed by atoms with Gasteiger partial charge in [-0.25, -0.2) is 4.39 Å². The van der Waals surface area contributed by atoms with Crippen LogP contribution in [0.25, 0.3) is 0 Å². The van der Waals surface area contributed by atoms with E-state index in [-0.39, 0.29) is 17.8 Å². The Bertz CT molecular complexity index is 383. The summed E-state index contributed by atoms with van der Waals surface area (Å²) >= 11 is 0. The average molecular weight is 206 g/mol. The number of ether oxygens (including phenoxy) is 1. The smallest absolute Gasteiger partial charge is 0.148 e. The molecule has 0 aromatic heterocycles. The fourth-order valence-corrected chi connectivity index (χ4v) is 1.47. The second-order valence-electron chi connectivity index (χ2n) is 4.36. The van der Waals surface area contributed by atoms with Crippen molar-refractivity contribution in [2.24, 2.45) is 0 Å². The molecule has 0 aliphatic heterocycles. The van der Waals surface area contributed by atoms with E-state index in [1.165, 1.54) is 6.07 Å². The number of hydrogen-bond donors (Lipinski definition) is 0. The zero-order chi connectivity index (χ0) is 11.5. The van der Waals surface area contributed by atoms with Crippen molar-refractivity contribution in [2.45, 2.75) is 26.2 Å². The van der Waals surface area contributed by atoms with Gasteiger partial charge in [-0.3, -0.25) is 0 Å². The Morgan fingerprint density at radius 3 is 2.60 bits per heavy atom. The Morgan fingerprint density at radius 1 is 1.40 bits per heavy atom. The summed E-state index contributed by atoms with van der Waals surface area (Å²) in [6, 6.07) is 4.79. The predicted octanol–water partition coefficient (Wildman–Crippen LogP) is 3.14. The monoisotopic (exact) mass is 206 g/mol. The van der Waals surface area contributed by atoms with Crippen LogP contribution in [-0.2, 0) is 5.41 Å². The standard InChI is InChI=1S/C13H15FO/c1-5-9-15-11-8-6-7-10(14)12(11)13(2,3)4/h1,6-8H,9H2,2-4H3. The lowest BCUT2D eigenvalue weighted by atomic mass is 9.86. The van der Waals surface area contributed by atoms with Crippen LogP contribution >= 0.6 is 0 Å². The van der Waals surface area contributed by atoms with Crippen molar-refractivity contribution < 1.29 is 9.13 Å². The van der Waals surface area contributed by atoms with E-state index in [4.69, 9.17) is 11.2 Å². The Labute approximate surface area is 90.3 Å². The normalized spacial score (nSPS) is 10.9. The van der Waals surface area contributed by atoms with E-state index in [1.54, 1.807) is 12.1 Å². The highest BCUT2D eigenvalue weighted by molar-refractivity contribution is 5.39. The van der Waals surface area contributed by atoms with Gasteiger partial charge in [0, 0.05) is 5.56 Å². The summed E-state index contributed by atoms with van der Waals surface area (Å²) in [4.78, 5) is 0. The van der Waals surface area contributed by atoms with Crippen molar-refractivity contribution in [3.63, 3.8) is 0 Å². The maximum Gasteiger partial charge on any atom is 0.148 e. The molecule has 0 spiro atoms. The summed E-state index contributed by atoms with van der Waals surface area (Å²) < 4.78 is 19.0. The molecular formula is C13H15FO. The largest absolute Gasteiger partial charge is 0.481 e. The van der Waals surface area contributed by atoms with Gasteiger partial charge in [0.2, 0.25) is 0 Å². The highest BCUT2D eigenvalue weighted by Crippen LogP contribution is 2.33. The molecule has 1 aromatic rings. The van der Waals surface area contributed by atoms with Crippen LogP contribution in [-0.4, -0.2) is 6.61 Å². The first-order chi connectivity index (χ1) is 6.96. The Balaban J connectivity index is 3.16. The van der Waals surface area contributed by atoms with Gasteiger partial charge in [0.15, 0.2) is 0 Å². The third-order valence-electron chi connectivity index (χ3n) is 2.04. The molecule has 2 heteroatoms. The van der Waals surface area contributed by atoms with Crippen LogP contribution < -0.4 is 4.74 Å². The molecule has 0 radical (unpaired) electrons. The molecule has 0 bridgehead atoms. The molecule has 0 unspecified atom stereocenters. The summed E-state index contributed by atoms with van der Waals surface area (Å²) in [6.45, 7) is 5.98. The van der Waals surface area contributed by atoms with Gasteiger partial charge < -0.3 is 4.74 Å². The van der Waals surface area contributed by atoms with Crippen molar-refractivity contribution >= 4 is 0 Å². The summed E-state index contributed by atoms with van der Waals surface area (Å²) in [5.74, 6) is 2.65. The molecule has 0 saturated heterocycles. The Kier molecular flexibility index (Phi) is 3.36. The molecule has 80 valence electrons. The molecule has 0 aliphatic carbocycles. The third-order valence-corrected chi connectivity index (χ3v) is 2.04. The van der Waals surface area contributed by atoms with E-state index in [2.05, 4.69) is 5.92 Å². The van der Waals surface area contributed by atoms with Crippen LogP contribution in [0, 0.1) is 18.2 Å². The van der Waals surface area contributed by atoms with E-state index in [9.17, 15) is 4.39 Å². The zero-order valence-electron chi connectivity index (χ0n) is 9.30. The Morgan fingerprint density at radius 2 is 2.07 bits per heavy atom. The molecule has 0 amide bonds. The topological polar surface area (TPSA) is 9.23 Å². The van der Waals surface area contributed by atoms with Gasteiger partial charge in [0.05, 0.1) is 0 Å². The molecule has 1 nitrogen and oxygen atoms in total. The molecule has 0 atom stereocenters. The van der Waals surface area contributed by atoms with Gasteiger partial charge in [0.25, 0.3) is 0 Å². The molecule has 0 fully saturated rings. The van der Waals surface area contributed by atoms with Gasteiger partial charge >= 0.3 is 0 Å². The third kappa shape index (κ3) is 2.73. The van der Waals surface area contributed by atoms with Gasteiger partial charge in [-0.1, -0.05) is 32.8 Å². The maximum atomic E-state index is 13.6. The van der Waals surface area contributed by atoms with Gasteiger partial charge in [-0.05, 0) is 17.5 Å². The lowest BCUT2D eigenvalue weighted by molar-refractivity contribution is 0.351. The van der Waals surface area contributed by atoms with Crippen LogP contribution in [0.4, 0.5) is 4.39 Å². The van der Waals surface area contributed by atoms with E-state index in [1.807, 2.05) is 20.8 Å². The molecule has 15 heavy (non-hydrogen) atoms. The number of rotatable bonds is 2. The predicted molar refractivity (Wildman–Crippen MR) is 59.4 cm³/mol. The SMILES string of the molecule is C#CCOc1cccc(F)c1C(C)(C)C. The summed E-state index contributed by atoms with van der Waals surface area (Å²) in [6.07, 6.45) is 5.10. The van der Waals surface area contributed by atoms with Crippen LogP contribution in [0.5, 0.6) is 5.75 Å². The molecule has 0 N–H and O–H groups in total. The second kappa shape index (κ2) is 4.35. The fraction of sp³-hybridized carbons (Fsp3) is 0.385. The van der Waals surface area contributed by atoms with Gasteiger partial charge in [-0.2, -0.15) is 0 Å². The maximum absolute atomic E-state index is 13.6. The minimum absolute atomic E-state index is 0.159. The van der Waals surface area contributed by atoms with Crippen molar-refractivity contribution in [2.75, 3.05) is 6.61 Å². The van der Waals surface area contributed by atoms with Crippen LogP contribution in [0.15, 0.2) is 18.2 Å². The summed E-state index contributed by atoms with van der Waals surface area (Å²) in [7, 11) is 0. The Hall–Kier alpha value is -1.49. The number of benzene rings is 1. The van der Waals surface area contributed by atoms with E-state index < -0.39 is 0 Å². The van der Waals surface area contributed by atoms with Gasteiger partial charge in [0.1, 0.15) is 18.2 Å². The number of terminal acetylenes is 1. The number of hydrogen-bond acceptors (Lipinski definition) is 1. The second-order valence-corrected chi connectivity index (χ2v) is 4.36. The van der Waals surface area contributed by atoms with Crippen LogP contribution in [0.2, 0.25) is 0 Å². The minimum Gasteiger partial charge on any atom is -0.481 e. The molecule has 0 aliphatic rings. The average Bonchev–Trinajstić information content (AvgIpc) is 2.12. The van der Waals surface area contributed by atoms with Gasteiger partial charge in [-0.15, -0.1) is 6.42 Å². The van der Waals surface area contributed by atoms with E-state index in [0.717, 1.165) is 0 Å². The molecule has 0 saturated carbocycles. The fourth-order valence-electron chi connectivity index (χ4n) is 1.47. The van der Waals surface area contributed by atoms with Crippen LogP contribution in [0.3, 0.4) is 0 Å².